The van der Waals surface area contributed by atoms with Gasteiger partial charge in [-0.3, -0.25) is 9.79 Å². The van der Waals surface area contributed by atoms with Crippen molar-refractivity contribution >= 4 is 34.6 Å². The fourth-order valence-corrected chi connectivity index (χ4v) is 4.01. The van der Waals surface area contributed by atoms with E-state index in [-0.39, 0.29) is 18.4 Å². The summed E-state index contributed by atoms with van der Waals surface area (Å²) in [6.07, 6.45) is 2.60. The van der Waals surface area contributed by atoms with E-state index < -0.39 is 5.82 Å². The fraction of sp³-hybridized carbons (Fsp3) is 0.333. The molecule has 1 fully saturated rings. The standard InChI is InChI=1S/C21H20ClFN2O/c1-12-9-19-20(10-13(12)2)25(11-15-16(22)6-4-7-17(15)23)21(26)14-5-3-8-18(14)24-19/h4,6-7,9-10,14H,3,5,8,11H2,1-2H3. The Morgan fingerprint density at radius 1 is 1.27 bits per heavy atom. The molecule has 0 aromatic heterocycles. The van der Waals surface area contributed by atoms with Crippen LogP contribution in [-0.2, 0) is 11.3 Å². The second-order valence-electron chi connectivity index (χ2n) is 7.10. The second-order valence-corrected chi connectivity index (χ2v) is 7.50. The number of fused-ring (bicyclic) bond motifs is 2. The zero-order valence-electron chi connectivity index (χ0n) is 14.9. The number of rotatable bonds is 2. The van der Waals surface area contributed by atoms with E-state index in [1.54, 1.807) is 17.0 Å². The van der Waals surface area contributed by atoms with Crippen LogP contribution in [0.25, 0.3) is 0 Å². The summed E-state index contributed by atoms with van der Waals surface area (Å²) < 4.78 is 14.4. The van der Waals surface area contributed by atoms with Crippen molar-refractivity contribution < 1.29 is 9.18 Å². The zero-order chi connectivity index (χ0) is 18.4. The minimum atomic E-state index is -0.396. The molecule has 1 aliphatic heterocycles. The van der Waals surface area contributed by atoms with Crippen molar-refractivity contribution in [2.24, 2.45) is 10.9 Å². The number of nitrogens with zero attached hydrogens (tertiary/aromatic N) is 2. The van der Waals surface area contributed by atoms with Gasteiger partial charge in [0.05, 0.1) is 23.8 Å². The maximum atomic E-state index is 14.4. The topological polar surface area (TPSA) is 32.7 Å². The molecule has 0 saturated heterocycles. The Hall–Kier alpha value is -2.20. The first-order valence-electron chi connectivity index (χ1n) is 8.88. The van der Waals surface area contributed by atoms with Gasteiger partial charge in [0.1, 0.15) is 5.82 Å². The van der Waals surface area contributed by atoms with Crippen molar-refractivity contribution in [3.05, 3.63) is 57.9 Å². The number of carbonyl (C=O) groups is 1. The molecule has 0 spiro atoms. The summed E-state index contributed by atoms with van der Waals surface area (Å²) in [5.74, 6) is -0.622. The van der Waals surface area contributed by atoms with Gasteiger partial charge in [-0.2, -0.15) is 0 Å². The molecule has 1 amide bonds. The summed E-state index contributed by atoms with van der Waals surface area (Å²) in [5, 5.41) is 0.333. The number of aliphatic imine (C=N–C) groups is 1. The maximum absolute atomic E-state index is 14.4. The number of hydrogen-bond donors (Lipinski definition) is 0. The number of anilines is 1. The molecule has 1 heterocycles. The van der Waals surface area contributed by atoms with E-state index >= 15 is 0 Å². The molecular weight excluding hydrogens is 351 g/mol. The van der Waals surface area contributed by atoms with Crippen molar-refractivity contribution in [1.29, 1.82) is 0 Å². The number of benzene rings is 2. The van der Waals surface area contributed by atoms with Crippen LogP contribution >= 0.6 is 11.6 Å². The van der Waals surface area contributed by atoms with Crippen LogP contribution in [-0.4, -0.2) is 11.6 Å². The average Bonchev–Trinajstić information content (AvgIpc) is 3.02. The van der Waals surface area contributed by atoms with E-state index in [0.29, 0.717) is 10.6 Å². The largest absolute Gasteiger partial charge is 0.305 e. The van der Waals surface area contributed by atoms with Crippen LogP contribution < -0.4 is 4.90 Å². The molecule has 1 atom stereocenters. The molecule has 134 valence electrons. The average molecular weight is 371 g/mol. The van der Waals surface area contributed by atoms with Crippen LogP contribution in [0.2, 0.25) is 5.02 Å². The Morgan fingerprint density at radius 2 is 2.04 bits per heavy atom. The van der Waals surface area contributed by atoms with Gasteiger partial charge in [-0.15, -0.1) is 0 Å². The number of halogens is 2. The highest BCUT2D eigenvalue weighted by molar-refractivity contribution is 6.31. The lowest BCUT2D eigenvalue weighted by molar-refractivity contribution is -0.120. The summed E-state index contributed by atoms with van der Waals surface area (Å²) in [6.45, 7) is 4.15. The Bertz CT molecular complexity index is 918. The lowest BCUT2D eigenvalue weighted by atomic mass is 10.0. The van der Waals surface area contributed by atoms with E-state index in [4.69, 9.17) is 16.6 Å². The molecule has 1 aliphatic carbocycles. The molecule has 1 unspecified atom stereocenters. The summed E-state index contributed by atoms with van der Waals surface area (Å²) in [5.41, 5.74) is 5.01. The molecule has 1 saturated carbocycles. The van der Waals surface area contributed by atoms with Crippen LogP contribution in [0.4, 0.5) is 15.8 Å². The summed E-state index contributed by atoms with van der Waals surface area (Å²) in [4.78, 5) is 19.8. The molecule has 3 nitrogen and oxygen atoms in total. The zero-order valence-corrected chi connectivity index (χ0v) is 15.6. The van der Waals surface area contributed by atoms with Crippen molar-refractivity contribution in [1.82, 2.24) is 0 Å². The number of amides is 1. The number of aryl methyl sites for hydroxylation is 2. The minimum absolute atomic E-state index is 0.0115. The van der Waals surface area contributed by atoms with Gasteiger partial charge in [0.15, 0.2) is 0 Å². The quantitative estimate of drug-likeness (QED) is 0.685. The Kier molecular flexibility index (Phi) is 4.31. The van der Waals surface area contributed by atoms with E-state index in [1.165, 1.54) is 6.07 Å². The minimum Gasteiger partial charge on any atom is -0.305 e. The van der Waals surface area contributed by atoms with Gasteiger partial charge < -0.3 is 4.90 Å². The molecular formula is C21H20ClFN2O. The number of hydrogen-bond acceptors (Lipinski definition) is 2. The first-order chi connectivity index (χ1) is 12.5. The highest BCUT2D eigenvalue weighted by atomic mass is 35.5. The van der Waals surface area contributed by atoms with Gasteiger partial charge in [-0.05, 0) is 68.5 Å². The third-order valence-corrected chi connectivity index (χ3v) is 5.77. The normalized spacial score (nSPS) is 19.1. The highest BCUT2D eigenvalue weighted by Crippen LogP contribution is 2.40. The summed E-state index contributed by atoms with van der Waals surface area (Å²) >= 11 is 6.23. The van der Waals surface area contributed by atoms with Crippen molar-refractivity contribution in [2.45, 2.75) is 39.7 Å². The number of carbonyl (C=O) groups excluding carboxylic acids is 1. The van der Waals surface area contributed by atoms with Gasteiger partial charge in [0.25, 0.3) is 0 Å². The highest BCUT2D eigenvalue weighted by Gasteiger charge is 2.37. The van der Waals surface area contributed by atoms with Gasteiger partial charge in [-0.1, -0.05) is 17.7 Å². The molecule has 2 aromatic rings. The molecule has 2 aliphatic rings. The van der Waals surface area contributed by atoms with Crippen LogP contribution in [0.15, 0.2) is 35.3 Å². The van der Waals surface area contributed by atoms with Crippen molar-refractivity contribution in [3.8, 4) is 0 Å². The van der Waals surface area contributed by atoms with Crippen LogP contribution in [0.5, 0.6) is 0 Å². The second kappa shape index (κ2) is 6.51. The summed E-state index contributed by atoms with van der Waals surface area (Å²) in [7, 11) is 0. The Labute approximate surface area is 157 Å². The molecule has 0 bridgehead atoms. The smallest absolute Gasteiger partial charge is 0.236 e. The molecule has 0 N–H and O–H groups in total. The van der Waals surface area contributed by atoms with E-state index in [2.05, 4.69) is 0 Å². The van der Waals surface area contributed by atoms with Crippen molar-refractivity contribution in [3.63, 3.8) is 0 Å². The van der Waals surface area contributed by atoms with E-state index in [9.17, 15) is 9.18 Å². The lowest BCUT2D eigenvalue weighted by Crippen LogP contribution is -2.36. The van der Waals surface area contributed by atoms with Crippen molar-refractivity contribution in [2.75, 3.05) is 4.90 Å². The molecule has 26 heavy (non-hydrogen) atoms. The monoisotopic (exact) mass is 370 g/mol. The molecule has 2 aromatic carbocycles. The third kappa shape index (κ3) is 2.82. The Morgan fingerprint density at radius 3 is 2.81 bits per heavy atom. The Balaban J connectivity index is 1.86. The van der Waals surface area contributed by atoms with Gasteiger partial charge in [0, 0.05) is 16.3 Å². The van der Waals surface area contributed by atoms with E-state index in [0.717, 1.165) is 47.5 Å². The van der Waals surface area contributed by atoms with Crippen LogP contribution in [0.3, 0.4) is 0 Å². The molecule has 0 radical (unpaired) electrons. The predicted octanol–water partition coefficient (Wildman–Crippen LogP) is 5.52. The SMILES string of the molecule is Cc1cc2c(cc1C)N(Cc1c(F)cccc1Cl)C(=O)C1CCCC1=N2. The van der Waals surface area contributed by atoms with Crippen LogP contribution in [0, 0.1) is 25.6 Å². The first-order valence-corrected chi connectivity index (χ1v) is 9.26. The van der Waals surface area contributed by atoms with Gasteiger partial charge in [0.2, 0.25) is 5.91 Å². The van der Waals surface area contributed by atoms with E-state index in [1.807, 2.05) is 26.0 Å². The third-order valence-electron chi connectivity index (χ3n) is 5.42. The lowest BCUT2D eigenvalue weighted by Gasteiger charge is -2.26. The molecule has 4 rings (SSSR count). The van der Waals surface area contributed by atoms with Gasteiger partial charge in [-0.25, -0.2) is 4.39 Å². The molecule has 5 heteroatoms. The summed E-state index contributed by atoms with van der Waals surface area (Å²) in [6, 6.07) is 8.60. The first kappa shape index (κ1) is 17.2. The fourth-order valence-electron chi connectivity index (χ4n) is 3.79. The van der Waals surface area contributed by atoms with Crippen LogP contribution in [0.1, 0.15) is 36.0 Å². The predicted molar refractivity (Wildman–Crippen MR) is 103 cm³/mol. The maximum Gasteiger partial charge on any atom is 0.236 e. The van der Waals surface area contributed by atoms with Gasteiger partial charge >= 0.3 is 0 Å².